The Morgan fingerprint density at radius 1 is 1.19 bits per heavy atom. The van der Waals surface area contributed by atoms with E-state index in [0.717, 1.165) is 26.2 Å². The van der Waals surface area contributed by atoms with E-state index in [9.17, 15) is 9.59 Å². The molecule has 0 spiro atoms. The van der Waals surface area contributed by atoms with Crippen LogP contribution in [0.5, 0.6) is 0 Å². The maximum absolute atomic E-state index is 12.1. The number of hydrogen-bond donors (Lipinski definition) is 2. The quantitative estimate of drug-likeness (QED) is 0.738. The van der Waals surface area contributed by atoms with E-state index in [-0.39, 0.29) is 12.6 Å². The highest BCUT2D eigenvalue weighted by Crippen LogP contribution is 2.23. The SMILES string of the molecule is CN1CCN(C(CNC(=O)C(=O)NCc2ccco2)c2ccsc2)CC1. The molecule has 2 aromatic rings. The van der Waals surface area contributed by atoms with Gasteiger partial charge in [-0.25, -0.2) is 0 Å². The molecule has 7 nitrogen and oxygen atoms in total. The second kappa shape index (κ2) is 8.98. The summed E-state index contributed by atoms with van der Waals surface area (Å²) < 4.78 is 5.14. The minimum atomic E-state index is -0.649. The predicted molar refractivity (Wildman–Crippen MR) is 99.7 cm³/mol. The van der Waals surface area contributed by atoms with Crippen LogP contribution >= 0.6 is 11.3 Å². The fourth-order valence-corrected chi connectivity index (χ4v) is 3.69. The smallest absolute Gasteiger partial charge is 0.309 e. The lowest BCUT2D eigenvalue weighted by Gasteiger charge is -2.37. The highest BCUT2D eigenvalue weighted by atomic mass is 32.1. The number of carbonyl (C=O) groups is 2. The van der Waals surface area contributed by atoms with E-state index in [1.165, 1.54) is 11.8 Å². The van der Waals surface area contributed by atoms with Crippen molar-refractivity contribution in [3.63, 3.8) is 0 Å². The largest absolute Gasteiger partial charge is 0.467 e. The molecule has 2 N–H and O–H groups in total. The van der Waals surface area contributed by atoms with Crippen LogP contribution in [-0.4, -0.2) is 61.4 Å². The summed E-state index contributed by atoms with van der Waals surface area (Å²) in [6.45, 7) is 4.49. The second-order valence-corrected chi connectivity index (χ2v) is 7.16. The average molecular weight is 376 g/mol. The molecule has 26 heavy (non-hydrogen) atoms. The summed E-state index contributed by atoms with van der Waals surface area (Å²) in [7, 11) is 2.11. The van der Waals surface area contributed by atoms with Gasteiger partial charge in [-0.3, -0.25) is 14.5 Å². The Morgan fingerprint density at radius 3 is 2.62 bits per heavy atom. The minimum Gasteiger partial charge on any atom is -0.467 e. The molecule has 0 bridgehead atoms. The van der Waals surface area contributed by atoms with Crippen molar-refractivity contribution >= 4 is 23.2 Å². The molecule has 2 aromatic heterocycles. The molecule has 0 aliphatic carbocycles. The lowest BCUT2D eigenvalue weighted by molar-refractivity contribution is -0.139. The van der Waals surface area contributed by atoms with Crippen LogP contribution in [0.15, 0.2) is 39.6 Å². The summed E-state index contributed by atoms with van der Waals surface area (Å²) in [4.78, 5) is 28.8. The molecule has 140 valence electrons. The second-order valence-electron chi connectivity index (χ2n) is 6.38. The summed E-state index contributed by atoms with van der Waals surface area (Å²) in [5.74, 6) is -0.658. The van der Waals surface area contributed by atoms with Gasteiger partial charge in [0.15, 0.2) is 0 Å². The van der Waals surface area contributed by atoms with Gasteiger partial charge in [-0.15, -0.1) is 0 Å². The number of carbonyl (C=O) groups excluding carboxylic acids is 2. The summed E-state index contributed by atoms with van der Waals surface area (Å²) in [5.41, 5.74) is 1.18. The normalized spacial score (nSPS) is 17.0. The first-order chi connectivity index (χ1) is 12.6. The number of piperazine rings is 1. The molecule has 1 fully saturated rings. The number of thiophene rings is 1. The lowest BCUT2D eigenvalue weighted by atomic mass is 10.1. The number of likely N-dealkylation sites (N-methyl/N-ethyl adjacent to an activating group) is 1. The van der Waals surface area contributed by atoms with Gasteiger partial charge in [0.25, 0.3) is 0 Å². The Balaban J connectivity index is 1.53. The average Bonchev–Trinajstić information content (AvgIpc) is 3.35. The van der Waals surface area contributed by atoms with Gasteiger partial charge in [0.05, 0.1) is 18.8 Å². The van der Waals surface area contributed by atoms with E-state index in [2.05, 4.69) is 38.9 Å². The van der Waals surface area contributed by atoms with E-state index >= 15 is 0 Å². The van der Waals surface area contributed by atoms with E-state index in [4.69, 9.17) is 4.42 Å². The van der Waals surface area contributed by atoms with E-state index in [1.54, 1.807) is 23.5 Å². The van der Waals surface area contributed by atoms with Crippen LogP contribution in [-0.2, 0) is 16.1 Å². The van der Waals surface area contributed by atoms with Crippen LogP contribution in [0.25, 0.3) is 0 Å². The van der Waals surface area contributed by atoms with Crippen LogP contribution in [0.4, 0.5) is 0 Å². The Morgan fingerprint density at radius 2 is 1.96 bits per heavy atom. The highest BCUT2D eigenvalue weighted by Gasteiger charge is 2.25. The molecule has 1 saturated heterocycles. The Kier molecular flexibility index (Phi) is 6.43. The molecular formula is C18H24N4O3S. The van der Waals surface area contributed by atoms with Crippen LogP contribution < -0.4 is 10.6 Å². The maximum atomic E-state index is 12.1. The first-order valence-corrected chi connectivity index (χ1v) is 9.61. The topological polar surface area (TPSA) is 77.8 Å². The number of rotatable bonds is 6. The van der Waals surface area contributed by atoms with Crippen LogP contribution in [0.3, 0.4) is 0 Å². The highest BCUT2D eigenvalue weighted by molar-refractivity contribution is 7.07. The first-order valence-electron chi connectivity index (χ1n) is 8.66. The fourth-order valence-electron chi connectivity index (χ4n) is 2.99. The van der Waals surface area contributed by atoms with Crippen LogP contribution in [0.2, 0.25) is 0 Å². The van der Waals surface area contributed by atoms with Gasteiger partial charge in [0.1, 0.15) is 5.76 Å². The molecule has 3 rings (SSSR count). The summed E-state index contributed by atoms with van der Waals surface area (Å²) in [6.07, 6.45) is 1.53. The number of nitrogens with one attached hydrogen (secondary N) is 2. The molecule has 8 heteroatoms. The summed E-state index contributed by atoms with van der Waals surface area (Å²) in [6, 6.07) is 5.65. The zero-order valence-corrected chi connectivity index (χ0v) is 15.6. The van der Waals surface area contributed by atoms with Crippen molar-refractivity contribution < 1.29 is 14.0 Å². The first kappa shape index (κ1) is 18.6. The van der Waals surface area contributed by atoms with Crippen LogP contribution in [0.1, 0.15) is 17.4 Å². The van der Waals surface area contributed by atoms with Gasteiger partial charge in [-0.2, -0.15) is 11.3 Å². The lowest BCUT2D eigenvalue weighted by Crippen LogP contribution is -2.49. The van der Waals surface area contributed by atoms with Crippen molar-refractivity contribution in [2.75, 3.05) is 39.8 Å². The molecule has 0 aromatic carbocycles. The van der Waals surface area contributed by atoms with Crippen molar-refractivity contribution in [1.29, 1.82) is 0 Å². The third kappa shape index (κ3) is 4.94. The zero-order valence-electron chi connectivity index (χ0n) is 14.8. The minimum absolute atomic E-state index is 0.0803. The van der Waals surface area contributed by atoms with Gasteiger partial charge in [-0.1, -0.05) is 0 Å². The number of furan rings is 1. The third-order valence-corrected chi connectivity index (χ3v) is 5.27. The van der Waals surface area contributed by atoms with Gasteiger partial charge >= 0.3 is 11.8 Å². The molecule has 0 saturated carbocycles. The fraction of sp³-hybridized carbons (Fsp3) is 0.444. The third-order valence-electron chi connectivity index (χ3n) is 4.57. The predicted octanol–water partition coefficient (Wildman–Crippen LogP) is 1.06. The van der Waals surface area contributed by atoms with E-state index < -0.39 is 11.8 Å². The molecule has 3 heterocycles. The number of hydrogen-bond acceptors (Lipinski definition) is 6. The van der Waals surface area contributed by atoms with Crippen molar-refractivity contribution in [3.8, 4) is 0 Å². The standard InChI is InChI=1S/C18H24N4O3S/c1-21-5-7-22(8-6-21)16(14-4-10-26-13-14)12-20-18(24)17(23)19-11-15-3-2-9-25-15/h2-4,9-10,13,16H,5-8,11-12H2,1H3,(H,19,23)(H,20,24). The van der Waals surface area contributed by atoms with Gasteiger partial charge < -0.3 is 20.0 Å². The van der Waals surface area contributed by atoms with Gasteiger partial charge in [-0.05, 0) is 41.6 Å². The number of nitrogens with zero attached hydrogens (tertiary/aromatic N) is 2. The monoisotopic (exact) mass is 376 g/mol. The Bertz CT molecular complexity index is 694. The van der Waals surface area contributed by atoms with Crippen molar-refractivity contribution in [3.05, 3.63) is 46.5 Å². The van der Waals surface area contributed by atoms with Crippen molar-refractivity contribution in [1.82, 2.24) is 20.4 Å². The number of amides is 2. The maximum Gasteiger partial charge on any atom is 0.309 e. The molecule has 1 aliphatic heterocycles. The summed E-state index contributed by atoms with van der Waals surface area (Å²) >= 11 is 1.64. The molecular weight excluding hydrogens is 352 g/mol. The van der Waals surface area contributed by atoms with E-state index in [1.807, 2.05) is 5.38 Å². The van der Waals surface area contributed by atoms with Crippen molar-refractivity contribution in [2.24, 2.45) is 0 Å². The van der Waals surface area contributed by atoms with Crippen LogP contribution in [0, 0.1) is 0 Å². The van der Waals surface area contributed by atoms with Gasteiger partial charge in [0.2, 0.25) is 0 Å². The molecule has 2 amide bonds. The molecule has 1 unspecified atom stereocenters. The summed E-state index contributed by atoms with van der Waals surface area (Å²) in [5, 5.41) is 9.48. The molecule has 1 aliphatic rings. The molecule has 0 radical (unpaired) electrons. The van der Waals surface area contributed by atoms with Gasteiger partial charge in [0, 0.05) is 32.7 Å². The van der Waals surface area contributed by atoms with E-state index in [0.29, 0.717) is 12.3 Å². The Labute approximate surface area is 157 Å². The zero-order chi connectivity index (χ0) is 18.4. The molecule has 1 atom stereocenters. The van der Waals surface area contributed by atoms with Crippen molar-refractivity contribution in [2.45, 2.75) is 12.6 Å². The Hall–Kier alpha value is -2.16.